The molecule has 0 saturated heterocycles. The molecule has 5 heteroatoms. The van der Waals surface area contributed by atoms with Gasteiger partial charge in [0.15, 0.2) is 0 Å². The first-order chi connectivity index (χ1) is 24.4. The normalized spacial score (nSPS) is 12.2. The van der Waals surface area contributed by atoms with Crippen molar-refractivity contribution in [1.29, 1.82) is 0 Å². The summed E-state index contributed by atoms with van der Waals surface area (Å²) in [5.41, 5.74) is 10.6. The van der Waals surface area contributed by atoms with Gasteiger partial charge in [0, 0.05) is 40.4 Å². The molecule has 0 fully saturated rings. The summed E-state index contributed by atoms with van der Waals surface area (Å²) in [4.78, 5) is 4.91. The molecule has 4 aromatic carbocycles. The summed E-state index contributed by atoms with van der Waals surface area (Å²) in [6.07, 6.45) is 6.69. The van der Waals surface area contributed by atoms with Crippen LogP contribution in [0.4, 0.5) is 0 Å². The van der Waals surface area contributed by atoms with Crippen molar-refractivity contribution in [3.63, 3.8) is 0 Å². The Hall–Kier alpha value is -5.16. The highest BCUT2D eigenvalue weighted by Crippen LogP contribution is 2.37. The third-order valence-corrected chi connectivity index (χ3v) is 9.94. The van der Waals surface area contributed by atoms with Crippen LogP contribution in [0.5, 0.6) is 11.5 Å². The van der Waals surface area contributed by atoms with Crippen LogP contribution in [0.25, 0.3) is 44.4 Å². The van der Waals surface area contributed by atoms with Gasteiger partial charge >= 0.3 is 0 Å². The maximum Gasteiger partial charge on any atom is 0.137 e. The van der Waals surface area contributed by atoms with Gasteiger partial charge in [-0.05, 0) is 109 Å². The number of hydrogen-bond acceptors (Lipinski definition) is 3. The molecule has 0 unspecified atom stereocenters. The van der Waals surface area contributed by atoms with Crippen LogP contribution in [-0.2, 0) is 11.8 Å². The molecule has 0 amide bonds. The summed E-state index contributed by atoms with van der Waals surface area (Å²) >= 11 is 0. The number of ether oxygens (including phenoxy) is 1. The number of pyridine rings is 1. The van der Waals surface area contributed by atoms with Crippen molar-refractivity contribution < 1.29 is 4.74 Å². The molecule has 0 aliphatic heterocycles. The van der Waals surface area contributed by atoms with Gasteiger partial charge in [0.25, 0.3) is 0 Å². The van der Waals surface area contributed by atoms with E-state index in [-0.39, 0.29) is 5.41 Å². The molecule has 0 spiro atoms. The first kappa shape index (κ1) is 34.3. The van der Waals surface area contributed by atoms with Crippen LogP contribution in [0.15, 0.2) is 109 Å². The predicted molar refractivity (Wildman–Crippen MR) is 213 cm³/mol. The Kier molecular flexibility index (Phi) is 9.09. The summed E-state index contributed by atoms with van der Waals surface area (Å²) in [6, 6.07) is 36.4. The fraction of sp³-hybridized carbons (Fsp3) is 0.304. The number of rotatable bonds is 9. The summed E-state index contributed by atoms with van der Waals surface area (Å²) in [5.74, 6) is 2.45. The van der Waals surface area contributed by atoms with E-state index in [1.54, 1.807) is 0 Å². The van der Waals surface area contributed by atoms with Gasteiger partial charge in [0.2, 0.25) is 0 Å². The van der Waals surface area contributed by atoms with Gasteiger partial charge < -0.3 is 4.74 Å². The first-order valence-electron chi connectivity index (χ1n) is 18.3. The lowest BCUT2D eigenvalue weighted by Gasteiger charge is -2.20. The van der Waals surface area contributed by atoms with Crippen molar-refractivity contribution in [1.82, 2.24) is 19.3 Å². The monoisotopic (exact) mass is 674 g/mol. The Morgan fingerprint density at radius 1 is 0.686 bits per heavy atom. The first-order valence-corrected chi connectivity index (χ1v) is 18.3. The number of aryl methyl sites for hydroxylation is 2. The van der Waals surface area contributed by atoms with Gasteiger partial charge in [-0.15, -0.1) is 0 Å². The molecule has 0 N–H and O–H groups in total. The third-order valence-electron chi connectivity index (χ3n) is 9.94. The number of nitrogens with zero attached hydrogens (tertiary/aromatic N) is 4. The minimum atomic E-state index is 0.00327. The van der Waals surface area contributed by atoms with E-state index in [0.29, 0.717) is 5.41 Å². The average Bonchev–Trinajstić information content (AvgIpc) is 3.58. The van der Waals surface area contributed by atoms with Crippen LogP contribution < -0.4 is 4.74 Å². The second-order valence-corrected chi connectivity index (χ2v) is 16.2. The molecular formula is C46H50N4O. The molecule has 5 nitrogen and oxygen atoms in total. The predicted octanol–water partition coefficient (Wildman–Crippen LogP) is 12.5. The Morgan fingerprint density at radius 2 is 1.47 bits per heavy atom. The van der Waals surface area contributed by atoms with Gasteiger partial charge in [-0.2, -0.15) is 5.10 Å². The molecule has 7 rings (SSSR count). The van der Waals surface area contributed by atoms with Crippen LogP contribution >= 0.6 is 0 Å². The van der Waals surface area contributed by atoms with E-state index in [9.17, 15) is 0 Å². The van der Waals surface area contributed by atoms with Crippen LogP contribution in [0.2, 0.25) is 0 Å². The van der Waals surface area contributed by atoms with Crippen molar-refractivity contribution in [3.05, 3.63) is 132 Å². The molecule has 7 aromatic rings. The van der Waals surface area contributed by atoms with Gasteiger partial charge in [0.05, 0.1) is 22.4 Å². The van der Waals surface area contributed by atoms with E-state index in [0.717, 1.165) is 57.4 Å². The Labute approximate surface area is 302 Å². The number of hydrogen-bond donors (Lipinski definition) is 0. The van der Waals surface area contributed by atoms with Gasteiger partial charge in [-0.3, -0.25) is 4.57 Å². The smallest absolute Gasteiger partial charge is 0.137 e. The molecule has 0 radical (unpaired) electrons. The lowest BCUT2D eigenvalue weighted by molar-refractivity contribution is 0.360. The SMILES string of the molecule is Cc1nn(-c2cccc(Oc3ccc4c5cc(CCCCC(C)(C)C)ccc5n(-c5cc(C(C)(C)C)ccn5)c4c3)c2)c(C)c1-c1ccccc1. The molecule has 0 saturated carbocycles. The summed E-state index contributed by atoms with van der Waals surface area (Å²) in [5, 5.41) is 7.37. The van der Waals surface area contributed by atoms with Crippen molar-refractivity contribution in [2.75, 3.05) is 0 Å². The van der Waals surface area contributed by atoms with Crippen molar-refractivity contribution in [3.8, 4) is 34.1 Å². The van der Waals surface area contributed by atoms with Gasteiger partial charge in [-0.1, -0.05) is 90.4 Å². The molecule has 3 heterocycles. The zero-order valence-corrected chi connectivity index (χ0v) is 31.4. The van der Waals surface area contributed by atoms with E-state index in [2.05, 4.69) is 145 Å². The highest BCUT2D eigenvalue weighted by molar-refractivity contribution is 6.09. The maximum absolute atomic E-state index is 6.62. The van der Waals surface area contributed by atoms with Crippen LogP contribution in [0.3, 0.4) is 0 Å². The van der Waals surface area contributed by atoms with Gasteiger partial charge in [0.1, 0.15) is 17.3 Å². The summed E-state index contributed by atoms with van der Waals surface area (Å²) in [7, 11) is 0. The molecule has 0 aliphatic rings. The highest BCUT2D eigenvalue weighted by Gasteiger charge is 2.20. The average molecular weight is 675 g/mol. The maximum atomic E-state index is 6.62. The van der Waals surface area contributed by atoms with E-state index < -0.39 is 0 Å². The van der Waals surface area contributed by atoms with Crippen LogP contribution in [0, 0.1) is 19.3 Å². The van der Waals surface area contributed by atoms with E-state index in [1.165, 1.54) is 46.7 Å². The standard InChI is InChI=1S/C46H50N4O/c1-31-44(34-16-10-9-11-17-34)32(2)50(48-31)36-18-14-19-37(29-36)51-38-21-22-39-40-27-33(15-12-13-25-45(3,4)5)20-23-41(40)49(42(39)30-38)43-28-35(24-26-47-43)46(6,7)8/h9-11,14,16-24,26-30H,12-13,15,25H2,1-8H3. The summed E-state index contributed by atoms with van der Waals surface area (Å²) in [6.45, 7) is 17.9. The zero-order valence-electron chi connectivity index (χ0n) is 31.4. The Balaban J connectivity index is 1.26. The van der Waals surface area contributed by atoms with Crippen molar-refractivity contribution in [2.24, 2.45) is 5.41 Å². The fourth-order valence-corrected chi connectivity index (χ4v) is 7.24. The Bertz CT molecular complexity index is 2330. The number of aromatic nitrogens is 4. The molecule has 51 heavy (non-hydrogen) atoms. The van der Waals surface area contributed by atoms with E-state index in [4.69, 9.17) is 14.8 Å². The lowest BCUT2D eigenvalue weighted by Crippen LogP contribution is -2.12. The number of fused-ring (bicyclic) bond motifs is 3. The number of benzene rings is 4. The third kappa shape index (κ3) is 7.21. The minimum absolute atomic E-state index is 0.00327. The molecule has 0 atom stereocenters. The lowest BCUT2D eigenvalue weighted by atomic mass is 9.88. The van der Waals surface area contributed by atoms with E-state index in [1.807, 2.05) is 29.1 Å². The van der Waals surface area contributed by atoms with Gasteiger partial charge in [-0.25, -0.2) is 9.67 Å². The topological polar surface area (TPSA) is 44.9 Å². The largest absolute Gasteiger partial charge is 0.457 e. The van der Waals surface area contributed by atoms with Crippen molar-refractivity contribution in [2.45, 2.75) is 86.5 Å². The second-order valence-electron chi connectivity index (χ2n) is 16.2. The molecule has 0 bridgehead atoms. The molecule has 0 aliphatic carbocycles. The van der Waals surface area contributed by atoms with E-state index >= 15 is 0 Å². The zero-order chi connectivity index (χ0) is 35.9. The van der Waals surface area contributed by atoms with Crippen LogP contribution in [0.1, 0.15) is 83.3 Å². The van der Waals surface area contributed by atoms with Crippen molar-refractivity contribution >= 4 is 21.8 Å². The quantitative estimate of drug-likeness (QED) is 0.143. The molecular weight excluding hydrogens is 625 g/mol. The highest BCUT2D eigenvalue weighted by atomic mass is 16.5. The Morgan fingerprint density at radius 3 is 2.24 bits per heavy atom. The summed E-state index contributed by atoms with van der Waals surface area (Å²) < 4.78 is 10.9. The second kappa shape index (κ2) is 13.5. The minimum Gasteiger partial charge on any atom is -0.457 e. The molecule has 260 valence electrons. The van der Waals surface area contributed by atoms with Crippen LogP contribution in [-0.4, -0.2) is 19.3 Å². The number of unbranched alkanes of at least 4 members (excludes halogenated alkanes) is 1. The fourth-order valence-electron chi connectivity index (χ4n) is 7.24. The molecule has 3 aromatic heterocycles.